The topological polar surface area (TPSA) is 71.8 Å². The summed E-state index contributed by atoms with van der Waals surface area (Å²) in [5.41, 5.74) is 0.909. The number of carbonyl (C=O) groups is 1. The molecular weight excluding hydrogens is 262 g/mol. The quantitative estimate of drug-likeness (QED) is 0.739. The number of rotatable bonds is 1. The Kier molecular flexibility index (Phi) is 3.01. The molecule has 82 valence electrons. The van der Waals surface area contributed by atoms with Crippen molar-refractivity contribution in [1.82, 2.24) is 25.6 Å². The van der Waals surface area contributed by atoms with Gasteiger partial charge in [-0.25, -0.2) is 4.68 Å². The van der Waals surface area contributed by atoms with Crippen LogP contribution in [0.5, 0.6) is 0 Å². The summed E-state index contributed by atoms with van der Waals surface area (Å²) in [6.45, 7) is 1.42. The van der Waals surface area contributed by atoms with Gasteiger partial charge in [-0.15, -0.1) is 5.10 Å². The van der Waals surface area contributed by atoms with Gasteiger partial charge in [0.05, 0.1) is 11.7 Å². The highest BCUT2D eigenvalue weighted by molar-refractivity contribution is 9.10. The van der Waals surface area contributed by atoms with Gasteiger partial charge in [-0.1, -0.05) is 5.21 Å². The van der Waals surface area contributed by atoms with Crippen molar-refractivity contribution < 1.29 is 4.79 Å². The Labute approximate surface area is 95.5 Å². The van der Waals surface area contributed by atoms with Crippen LogP contribution in [-0.4, -0.2) is 34.0 Å². The average molecular weight is 274 g/mol. The summed E-state index contributed by atoms with van der Waals surface area (Å²) in [6, 6.07) is -0.0260. The van der Waals surface area contributed by atoms with Crippen molar-refractivity contribution in [2.24, 2.45) is 7.05 Å². The molecule has 1 unspecified atom stereocenters. The van der Waals surface area contributed by atoms with Crippen LogP contribution in [0, 0.1) is 0 Å². The first-order valence-electron chi connectivity index (χ1n) is 4.73. The van der Waals surface area contributed by atoms with Crippen LogP contribution >= 0.6 is 15.9 Å². The van der Waals surface area contributed by atoms with Crippen LogP contribution in [0.4, 0.5) is 0 Å². The van der Waals surface area contributed by atoms with Crippen LogP contribution in [0.2, 0.25) is 0 Å². The molecule has 7 heteroatoms. The van der Waals surface area contributed by atoms with E-state index in [0.717, 1.165) is 12.2 Å². The summed E-state index contributed by atoms with van der Waals surface area (Å²) in [6.07, 6.45) is 0.416. The summed E-state index contributed by atoms with van der Waals surface area (Å²) in [7, 11) is 1.82. The van der Waals surface area contributed by atoms with Crippen molar-refractivity contribution >= 4 is 21.8 Å². The van der Waals surface area contributed by atoms with E-state index in [0.29, 0.717) is 17.6 Å². The molecule has 2 rings (SSSR count). The SMILES string of the molecule is Cn1nnc(Br)c1C1CC(=O)NCCN1. The lowest BCUT2D eigenvalue weighted by atomic mass is 10.1. The van der Waals surface area contributed by atoms with Crippen LogP contribution in [0.1, 0.15) is 18.2 Å². The van der Waals surface area contributed by atoms with Crippen molar-refractivity contribution in [1.29, 1.82) is 0 Å². The molecule has 0 aliphatic carbocycles. The van der Waals surface area contributed by atoms with Gasteiger partial charge in [0.15, 0.2) is 4.60 Å². The predicted molar refractivity (Wildman–Crippen MR) is 57.1 cm³/mol. The van der Waals surface area contributed by atoms with E-state index in [1.807, 2.05) is 7.05 Å². The number of nitrogens with zero attached hydrogens (tertiary/aromatic N) is 3. The Hall–Kier alpha value is -0.950. The zero-order valence-electron chi connectivity index (χ0n) is 8.33. The minimum absolute atomic E-state index is 0.0260. The van der Waals surface area contributed by atoms with Crippen molar-refractivity contribution in [3.8, 4) is 0 Å². The molecular formula is C8H12BrN5O. The van der Waals surface area contributed by atoms with E-state index < -0.39 is 0 Å². The molecule has 1 aromatic heterocycles. The molecule has 1 saturated heterocycles. The second-order valence-corrected chi connectivity index (χ2v) is 4.20. The number of hydrogen-bond donors (Lipinski definition) is 2. The molecule has 1 aliphatic heterocycles. The molecule has 1 aromatic rings. The molecule has 1 aliphatic rings. The Morgan fingerprint density at radius 2 is 2.33 bits per heavy atom. The molecule has 1 atom stereocenters. The first kappa shape index (κ1) is 10.6. The number of amides is 1. The van der Waals surface area contributed by atoms with Gasteiger partial charge in [-0.05, 0) is 15.9 Å². The lowest BCUT2D eigenvalue weighted by Crippen LogP contribution is -2.25. The minimum Gasteiger partial charge on any atom is -0.355 e. The maximum absolute atomic E-state index is 11.4. The van der Waals surface area contributed by atoms with E-state index in [2.05, 4.69) is 36.9 Å². The molecule has 0 aromatic carbocycles. The minimum atomic E-state index is -0.0260. The molecule has 0 bridgehead atoms. The van der Waals surface area contributed by atoms with Gasteiger partial charge in [-0.3, -0.25) is 4.79 Å². The molecule has 2 N–H and O–H groups in total. The second kappa shape index (κ2) is 4.28. The maximum atomic E-state index is 11.4. The highest BCUT2D eigenvalue weighted by Gasteiger charge is 2.24. The lowest BCUT2D eigenvalue weighted by Gasteiger charge is -2.14. The van der Waals surface area contributed by atoms with Crippen LogP contribution in [-0.2, 0) is 11.8 Å². The summed E-state index contributed by atoms with van der Waals surface area (Å²) in [4.78, 5) is 11.4. The molecule has 6 nitrogen and oxygen atoms in total. The normalized spacial score (nSPS) is 22.3. The van der Waals surface area contributed by atoms with Crippen molar-refractivity contribution in [3.63, 3.8) is 0 Å². The Bertz CT molecular complexity index is 358. The van der Waals surface area contributed by atoms with E-state index >= 15 is 0 Å². The summed E-state index contributed by atoms with van der Waals surface area (Å²) in [5, 5.41) is 13.9. The van der Waals surface area contributed by atoms with E-state index in [4.69, 9.17) is 0 Å². The summed E-state index contributed by atoms with van der Waals surface area (Å²) < 4.78 is 2.37. The monoisotopic (exact) mass is 273 g/mol. The van der Waals surface area contributed by atoms with Crippen LogP contribution < -0.4 is 10.6 Å². The van der Waals surface area contributed by atoms with Crippen molar-refractivity contribution in [3.05, 3.63) is 10.3 Å². The summed E-state index contributed by atoms with van der Waals surface area (Å²) >= 11 is 3.33. The molecule has 2 heterocycles. The fourth-order valence-electron chi connectivity index (χ4n) is 1.68. The Morgan fingerprint density at radius 1 is 1.53 bits per heavy atom. The fourth-order valence-corrected chi connectivity index (χ4v) is 2.28. The van der Waals surface area contributed by atoms with Gasteiger partial charge in [0.1, 0.15) is 0 Å². The highest BCUT2D eigenvalue weighted by Crippen LogP contribution is 2.23. The molecule has 0 spiro atoms. The van der Waals surface area contributed by atoms with Gasteiger partial charge in [0, 0.05) is 26.6 Å². The van der Waals surface area contributed by atoms with Crippen molar-refractivity contribution in [2.75, 3.05) is 13.1 Å². The zero-order valence-corrected chi connectivity index (χ0v) is 9.91. The average Bonchev–Trinajstić information content (AvgIpc) is 2.40. The number of halogens is 1. The van der Waals surface area contributed by atoms with Crippen molar-refractivity contribution in [2.45, 2.75) is 12.5 Å². The summed E-state index contributed by atoms with van der Waals surface area (Å²) in [5.74, 6) is 0.0538. The van der Waals surface area contributed by atoms with E-state index in [9.17, 15) is 4.79 Å². The molecule has 0 radical (unpaired) electrons. The smallest absolute Gasteiger partial charge is 0.222 e. The second-order valence-electron chi connectivity index (χ2n) is 3.45. The van der Waals surface area contributed by atoms with Gasteiger partial charge in [0.25, 0.3) is 0 Å². The van der Waals surface area contributed by atoms with Gasteiger partial charge >= 0.3 is 0 Å². The van der Waals surface area contributed by atoms with Crippen LogP contribution in [0.25, 0.3) is 0 Å². The standard InChI is InChI=1S/C8H12BrN5O/c1-14-7(8(9)12-13-14)5-4-6(15)11-3-2-10-5/h5,10H,2-4H2,1H3,(H,11,15). The third-order valence-corrected chi connectivity index (χ3v) is 2.95. The Balaban J connectivity index is 2.25. The number of aromatic nitrogens is 3. The third kappa shape index (κ3) is 2.18. The maximum Gasteiger partial charge on any atom is 0.222 e. The van der Waals surface area contributed by atoms with Crippen LogP contribution in [0.15, 0.2) is 4.60 Å². The largest absolute Gasteiger partial charge is 0.355 e. The number of aryl methyl sites for hydroxylation is 1. The van der Waals surface area contributed by atoms with E-state index in [1.165, 1.54) is 0 Å². The van der Waals surface area contributed by atoms with Gasteiger partial charge < -0.3 is 10.6 Å². The van der Waals surface area contributed by atoms with Crippen LogP contribution in [0.3, 0.4) is 0 Å². The predicted octanol–water partition coefficient (Wildman–Crippen LogP) is -0.272. The molecule has 1 amide bonds. The number of carbonyl (C=O) groups excluding carboxylic acids is 1. The zero-order chi connectivity index (χ0) is 10.8. The molecule has 15 heavy (non-hydrogen) atoms. The molecule has 0 saturated carbocycles. The first-order chi connectivity index (χ1) is 7.18. The van der Waals surface area contributed by atoms with Gasteiger partial charge in [0.2, 0.25) is 5.91 Å². The van der Waals surface area contributed by atoms with E-state index in [1.54, 1.807) is 4.68 Å². The Morgan fingerprint density at radius 3 is 3.00 bits per heavy atom. The number of nitrogens with one attached hydrogen (secondary N) is 2. The third-order valence-electron chi connectivity index (χ3n) is 2.38. The molecule has 1 fully saturated rings. The number of hydrogen-bond acceptors (Lipinski definition) is 4. The fraction of sp³-hybridized carbons (Fsp3) is 0.625. The van der Waals surface area contributed by atoms with Gasteiger partial charge in [-0.2, -0.15) is 0 Å². The van der Waals surface area contributed by atoms with E-state index in [-0.39, 0.29) is 11.9 Å². The first-order valence-corrected chi connectivity index (χ1v) is 5.53. The highest BCUT2D eigenvalue weighted by atomic mass is 79.9. The lowest BCUT2D eigenvalue weighted by molar-refractivity contribution is -0.121.